The Morgan fingerprint density at radius 2 is 1.94 bits per heavy atom. The van der Waals surface area contributed by atoms with Gasteiger partial charge in [-0.25, -0.2) is 13.5 Å². The van der Waals surface area contributed by atoms with Crippen molar-refractivity contribution in [1.29, 1.82) is 5.26 Å². The number of pyridine rings is 1. The third-order valence-electron chi connectivity index (χ3n) is 5.64. The molecule has 7 nitrogen and oxygen atoms in total. The maximum Gasteiger partial charge on any atom is 0.254 e. The fraction of sp³-hybridized carbons (Fsp3) is 0.435. The number of carbonyl (C=O) groups is 1. The van der Waals surface area contributed by atoms with E-state index in [-0.39, 0.29) is 11.2 Å². The van der Waals surface area contributed by atoms with Crippen molar-refractivity contribution in [3.8, 4) is 17.2 Å². The van der Waals surface area contributed by atoms with Gasteiger partial charge in [0.2, 0.25) is 0 Å². The minimum Gasteiger partial charge on any atom is -0.353 e. The second kappa shape index (κ2) is 10.4. The molecule has 0 aliphatic carbocycles. The summed E-state index contributed by atoms with van der Waals surface area (Å²) in [6, 6.07) is 9.27. The van der Waals surface area contributed by atoms with Crippen LogP contribution in [-0.2, 0) is 11.0 Å². The van der Waals surface area contributed by atoms with Crippen molar-refractivity contribution < 1.29 is 9.00 Å². The molecule has 0 saturated carbocycles. The van der Waals surface area contributed by atoms with Gasteiger partial charge in [0, 0.05) is 57.3 Å². The van der Waals surface area contributed by atoms with E-state index in [1.807, 2.05) is 24.2 Å². The summed E-state index contributed by atoms with van der Waals surface area (Å²) in [6.07, 6.45) is 2.60. The zero-order valence-electron chi connectivity index (χ0n) is 18.8. The Morgan fingerprint density at radius 3 is 2.50 bits per heavy atom. The summed E-state index contributed by atoms with van der Waals surface area (Å²) in [5.41, 5.74) is 2.45. The summed E-state index contributed by atoms with van der Waals surface area (Å²) in [6.45, 7) is 6.72. The number of piperazine rings is 1. The van der Waals surface area contributed by atoms with E-state index in [0.29, 0.717) is 48.1 Å². The van der Waals surface area contributed by atoms with Crippen molar-refractivity contribution in [2.24, 2.45) is 0 Å². The highest BCUT2D eigenvalue weighted by Crippen LogP contribution is 2.29. The van der Waals surface area contributed by atoms with Crippen LogP contribution in [0.3, 0.4) is 0 Å². The maximum absolute atomic E-state index is 12.5. The number of benzene rings is 1. The molecule has 0 spiro atoms. The zero-order valence-corrected chi connectivity index (χ0v) is 20.4. The van der Waals surface area contributed by atoms with E-state index in [2.05, 4.69) is 16.0 Å². The number of nitriles is 1. The van der Waals surface area contributed by atoms with Crippen molar-refractivity contribution in [2.75, 3.05) is 45.2 Å². The van der Waals surface area contributed by atoms with Crippen LogP contribution < -0.4 is 4.90 Å². The van der Waals surface area contributed by atoms with Gasteiger partial charge in [-0.1, -0.05) is 24.6 Å². The summed E-state index contributed by atoms with van der Waals surface area (Å²) in [5, 5.41) is 10.2. The Bertz CT molecular complexity index is 1060. The molecule has 1 amide bonds. The first kappa shape index (κ1) is 24.2. The molecule has 2 aromatic rings. The second-order valence-corrected chi connectivity index (χ2v) is 10.3. The molecular weight excluding hydrogens is 446 g/mol. The van der Waals surface area contributed by atoms with Crippen molar-refractivity contribution >= 4 is 34.3 Å². The molecule has 1 aromatic carbocycles. The summed E-state index contributed by atoms with van der Waals surface area (Å²) < 4.78 is 14.5. The average molecular weight is 474 g/mol. The van der Waals surface area contributed by atoms with Gasteiger partial charge in [-0.15, -0.1) is 0 Å². The first-order valence-electron chi connectivity index (χ1n) is 10.6. The standard InChI is InChI=1S/C23H28ClN5O2S/c1-5-16(2)32(31)29-10-8-28(9-11-29)22-18(14-25)12-19(15-26-22)17-6-7-20(21(24)13-17)23(30)27(3)4/h6-7,12-13,15-16H,5,8-11H2,1-4H3. The first-order valence-corrected chi connectivity index (χ1v) is 12.1. The van der Waals surface area contributed by atoms with Gasteiger partial charge >= 0.3 is 0 Å². The third kappa shape index (κ3) is 5.12. The van der Waals surface area contributed by atoms with Crippen molar-refractivity contribution in [1.82, 2.24) is 14.2 Å². The second-order valence-electron chi connectivity index (χ2n) is 8.01. The summed E-state index contributed by atoms with van der Waals surface area (Å²) in [5.74, 6) is 0.469. The summed E-state index contributed by atoms with van der Waals surface area (Å²) >= 11 is 6.35. The number of hydrogen-bond acceptors (Lipinski definition) is 5. The van der Waals surface area contributed by atoms with Gasteiger partial charge in [-0.3, -0.25) is 4.79 Å². The zero-order chi connectivity index (χ0) is 23.4. The molecule has 3 rings (SSSR count). The van der Waals surface area contributed by atoms with Crippen LogP contribution in [0, 0.1) is 11.3 Å². The number of nitrogens with zero attached hydrogens (tertiary/aromatic N) is 5. The number of aromatic nitrogens is 1. The Hall–Kier alpha value is -2.47. The van der Waals surface area contributed by atoms with E-state index in [0.717, 1.165) is 17.5 Å². The first-order chi connectivity index (χ1) is 15.3. The lowest BCUT2D eigenvalue weighted by Gasteiger charge is -2.35. The van der Waals surface area contributed by atoms with Gasteiger partial charge in [-0.2, -0.15) is 5.26 Å². The Kier molecular flexibility index (Phi) is 7.88. The molecule has 1 fully saturated rings. The minimum atomic E-state index is -0.987. The highest BCUT2D eigenvalue weighted by molar-refractivity contribution is 7.83. The Labute approximate surface area is 197 Å². The van der Waals surface area contributed by atoms with E-state index >= 15 is 0 Å². The molecule has 1 aliphatic heterocycles. The molecule has 2 unspecified atom stereocenters. The van der Waals surface area contributed by atoms with E-state index in [4.69, 9.17) is 11.6 Å². The van der Waals surface area contributed by atoms with E-state index < -0.39 is 11.0 Å². The maximum atomic E-state index is 12.5. The molecule has 1 saturated heterocycles. The number of carbonyl (C=O) groups excluding carboxylic acids is 1. The number of anilines is 1. The molecule has 1 aromatic heterocycles. The lowest BCUT2D eigenvalue weighted by atomic mass is 10.0. The normalized spacial score (nSPS) is 16.3. The van der Waals surface area contributed by atoms with Crippen LogP contribution in [0.25, 0.3) is 11.1 Å². The Balaban J connectivity index is 1.79. The highest BCUT2D eigenvalue weighted by atomic mass is 35.5. The molecule has 2 atom stereocenters. The smallest absolute Gasteiger partial charge is 0.254 e. The molecule has 1 aliphatic rings. The third-order valence-corrected chi connectivity index (χ3v) is 7.85. The minimum absolute atomic E-state index is 0.139. The fourth-order valence-corrected chi connectivity index (χ4v) is 5.11. The fourth-order valence-electron chi connectivity index (χ4n) is 3.54. The monoisotopic (exact) mass is 473 g/mol. The largest absolute Gasteiger partial charge is 0.353 e. The van der Waals surface area contributed by atoms with Crippen LogP contribution in [0.15, 0.2) is 30.5 Å². The van der Waals surface area contributed by atoms with Gasteiger partial charge in [-0.05, 0) is 37.1 Å². The van der Waals surface area contributed by atoms with Gasteiger partial charge in [0.25, 0.3) is 5.91 Å². The van der Waals surface area contributed by atoms with Gasteiger partial charge in [0.05, 0.1) is 27.1 Å². The van der Waals surface area contributed by atoms with Crippen LogP contribution in [-0.4, -0.2) is 69.8 Å². The number of hydrogen-bond donors (Lipinski definition) is 0. The van der Waals surface area contributed by atoms with Gasteiger partial charge in [0.15, 0.2) is 0 Å². The SMILES string of the molecule is CCC(C)S(=O)N1CCN(c2ncc(-c3ccc(C(=O)N(C)C)c(Cl)c3)cc2C#N)CC1. The van der Waals surface area contributed by atoms with Gasteiger partial charge < -0.3 is 9.80 Å². The van der Waals surface area contributed by atoms with Crippen LogP contribution >= 0.6 is 11.6 Å². The van der Waals surface area contributed by atoms with Crippen molar-refractivity contribution in [3.63, 3.8) is 0 Å². The van der Waals surface area contributed by atoms with E-state index in [9.17, 15) is 14.3 Å². The lowest BCUT2D eigenvalue weighted by molar-refractivity contribution is 0.0828. The Morgan fingerprint density at radius 1 is 1.25 bits per heavy atom. The van der Waals surface area contributed by atoms with Crippen LogP contribution in [0.1, 0.15) is 36.2 Å². The number of halogens is 1. The lowest BCUT2D eigenvalue weighted by Crippen LogP contribution is -2.48. The predicted octanol–water partition coefficient (Wildman–Crippen LogP) is 3.56. The van der Waals surface area contributed by atoms with Crippen molar-refractivity contribution in [3.05, 3.63) is 46.6 Å². The quantitative estimate of drug-likeness (QED) is 0.640. The highest BCUT2D eigenvalue weighted by Gasteiger charge is 2.26. The van der Waals surface area contributed by atoms with Gasteiger partial charge in [0.1, 0.15) is 11.9 Å². The van der Waals surface area contributed by atoms with Crippen LogP contribution in [0.5, 0.6) is 0 Å². The molecule has 9 heteroatoms. The topological polar surface area (TPSA) is 80.5 Å². The summed E-state index contributed by atoms with van der Waals surface area (Å²) in [4.78, 5) is 20.3. The molecular formula is C23H28ClN5O2S. The van der Waals surface area contributed by atoms with E-state index in [1.54, 1.807) is 38.5 Å². The molecule has 0 radical (unpaired) electrons. The summed E-state index contributed by atoms with van der Waals surface area (Å²) in [7, 11) is 2.37. The molecule has 0 N–H and O–H groups in total. The predicted molar refractivity (Wildman–Crippen MR) is 129 cm³/mol. The average Bonchev–Trinajstić information content (AvgIpc) is 2.82. The number of amides is 1. The molecule has 0 bridgehead atoms. The van der Waals surface area contributed by atoms with Crippen LogP contribution in [0.4, 0.5) is 5.82 Å². The molecule has 170 valence electrons. The van der Waals surface area contributed by atoms with Crippen LogP contribution in [0.2, 0.25) is 5.02 Å². The van der Waals surface area contributed by atoms with E-state index in [1.165, 1.54) is 4.90 Å². The van der Waals surface area contributed by atoms with Crippen molar-refractivity contribution in [2.45, 2.75) is 25.5 Å². The molecule has 32 heavy (non-hydrogen) atoms. The number of rotatable bonds is 6. The molecule has 2 heterocycles.